The summed E-state index contributed by atoms with van der Waals surface area (Å²) in [7, 11) is -2.86. The summed E-state index contributed by atoms with van der Waals surface area (Å²) < 4.78 is 19.3. The molecule has 0 rings (SSSR count). The summed E-state index contributed by atoms with van der Waals surface area (Å²) in [6.07, 6.45) is 2.05. The van der Waals surface area contributed by atoms with Crippen molar-refractivity contribution in [1.82, 2.24) is 0 Å². The quantitative estimate of drug-likeness (QED) is 0.365. The normalized spacial score (nSPS) is 15.4. The highest BCUT2D eigenvalue weighted by molar-refractivity contribution is 7.52. The Morgan fingerprint density at radius 3 is 2.58 bits per heavy atom. The van der Waals surface area contributed by atoms with Crippen molar-refractivity contribution < 1.29 is 13.6 Å². The lowest BCUT2D eigenvalue weighted by atomic mass is 10.6. The van der Waals surface area contributed by atoms with E-state index in [2.05, 4.69) is 19.2 Å². The molecule has 0 N–H and O–H groups in total. The van der Waals surface area contributed by atoms with E-state index in [9.17, 15) is 14.4 Å². The van der Waals surface area contributed by atoms with Gasteiger partial charge in [0.15, 0.2) is 0 Å². The molecule has 68 valence electrons. The smallest absolute Gasteiger partial charge is 0.414 e. The predicted molar refractivity (Wildman–Crippen MR) is 41.3 cm³/mol. The van der Waals surface area contributed by atoms with E-state index < -0.39 is 7.75 Å². The van der Waals surface area contributed by atoms with Gasteiger partial charge in [-0.2, -0.15) is 4.91 Å². The molecule has 0 amide bonds. The van der Waals surface area contributed by atoms with E-state index in [-0.39, 0.29) is 6.54 Å². The van der Waals surface area contributed by atoms with Gasteiger partial charge < -0.3 is 4.52 Å². The molecule has 0 spiro atoms. The molecule has 0 aliphatic carbocycles. The first-order chi connectivity index (χ1) is 5.68. The Kier molecular flexibility index (Phi) is 5.07. The summed E-state index contributed by atoms with van der Waals surface area (Å²) in [6, 6.07) is 0. The topological polar surface area (TPSA) is 94.4 Å². The van der Waals surface area contributed by atoms with E-state index in [1.165, 1.54) is 6.08 Å². The van der Waals surface area contributed by atoms with Crippen LogP contribution in [0.5, 0.6) is 0 Å². The van der Waals surface area contributed by atoms with Crippen LogP contribution in [-0.4, -0.2) is 13.7 Å². The predicted octanol–water partition coefficient (Wildman–Crippen LogP) is 1.80. The molecule has 0 aliphatic rings. The van der Waals surface area contributed by atoms with E-state index in [0.29, 0.717) is 0 Å². The molecule has 7 nitrogen and oxygen atoms in total. The van der Waals surface area contributed by atoms with Crippen LogP contribution in [0, 0.1) is 9.81 Å². The van der Waals surface area contributed by atoms with E-state index in [4.69, 9.17) is 0 Å². The van der Waals surface area contributed by atoms with Crippen LogP contribution in [-0.2, 0) is 13.6 Å². The highest BCUT2D eigenvalue weighted by atomic mass is 31.2. The molecule has 1 atom stereocenters. The van der Waals surface area contributed by atoms with Gasteiger partial charge in [0, 0.05) is 7.11 Å². The van der Waals surface area contributed by atoms with Gasteiger partial charge >= 0.3 is 7.75 Å². The largest absolute Gasteiger partial charge is 0.542 e. The van der Waals surface area contributed by atoms with Crippen LogP contribution in [0.4, 0.5) is 0 Å². The number of hydrogen-bond donors (Lipinski definition) is 0. The lowest BCUT2D eigenvalue weighted by Crippen LogP contribution is -1.82. The summed E-state index contributed by atoms with van der Waals surface area (Å²) in [4.78, 5) is 21.5. The highest BCUT2D eigenvalue weighted by Crippen LogP contribution is 2.48. The molecule has 0 saturated carbocycles. The first kappa shape index (κ1) is 10.9. The SMILES string of the molecule is COP(=O)(N=O)O/C=C/CN=O. The van der Waals surface area contributed by atoms with E-state index in [0.717, 1.165) is 13.4 Å². The second-order valence-electron chi connectivity index (χ2n) is 1.52. The van der Waals surface area contributed by atoms with Gasteiger partial charge in [-0.25, -0.2) is 4.57 Å². The van der Waals surface area contributed by atoms with Crippen molar-refractivity contribution in [3.8, 4) is 0 Å². The van der Waals surface area contributed by atoms with Gasteiger partial charge in [-0.1, -0.05) is 5.18 Å². The molecule has 0 heterocycles. The van der Waals surface area contributed by atoms with Crippen molar-refractivity contribution in [1.29, 1.82) is 0 Å². The van der Waals surface area contributed by atoms with Crippen LogP contribution >= 0.6 is 7.75 Å². The van der Waals surface area contributed by atoms with Gasteiger partial charge in [0.2, 0.25) is 0 Å². The Balaban J connectivity index is 3.96. The molecule has 12 heavy (non-hydrogen) atoms. The Morgan fingerprint density at radius 1 is 1.50 bits per heavy atom. The van der Waals surface area contributed by atoms with Crippen LogP contribution in [0.3, 0.4) is 0 Å². The highest BCUT2D eigenvalue weighted by Gasteiger charge is 2.23. The maximum atomic E-state index is 10.8. The fourth-order valence-corrected chi connectivity index (χ4v) is 0.733. The van der Waals surface area contributed by atoms with Crippen molar-refractivity contribution in [3.63, 3.8) is 0 Å². The Bertz CT molecular complexity index is 227. The lowest BCUT2D eigenvalue weighted by molar-refractivity contribution is 0.300. The number of hydrogen-bond acceptors (Lipinski definition) is 6. The minimum atomic E-state index is -3.88. The van der Waals surface area contributed by atoms with Gasteiger partial charge in [-0.15, -0.1) is 4.91 Å². The third-order valence-electron chi connectivity index (χ3n) is 0.801. The average Bonchev–Trinajstić information content (AvgIpc) is 2.12. The second-order valence-corrected chi connectivity index (χ2v) is 3.20. The molecular weight excluding hydrogens is 187 g/mol. The number of nitrogens with zero attached hydrogens (tertiary/aromatic N) is 2. The van der Waals surface area contributed by atoms with Gasteiger partial charge in [-0.3, -0.25) is 4.52 Å². The Hall–Kier alpha value is -1.07. The lowest BCUT2D eigenvalue weighted by Gasteiger charge is -2.03. The number of nitroso groups, excluding NO2 is 2. The molecule has 0 radical (unpaired) electrons. The van der Waals surface area contributed by atoms with Crippen molar-refractivity contribution in [2.45, 2.75) is 0 Å². The Labute approximate surface area is 68.3 Å². The summed E-state index contributed by atoms with van der Waals surface area (Å²) in [5, 5.41) is 2.45. The molecule has 0 fully saturated rings. The van der Waals surface area contributed by atoms with Gasteiger partial charge in [0.25, 0.3) is 0 Å². The minimum Gasteiger partial charge on any atom is -0.414 e. The van der Waals surface area contributed by atoms with E-state index in [1.54, 1.807) is 0 Å². The molecule has 0 aliphatic heterocycles. The molecule has 0 aromatic heterocycles. The fourth-order valence-electron chi connectivity index (χ4n) is 0.302. The maximum Gasteiger partial charge on any atom is 0.542 e. The summed E-state index contributed by atoms with van der Waals surface area (Å²) in [6.45, 7) is -0.136. The standard InChI is InChI=1S/C4H7N2O5P/c1-10-12(9,6-8)11-4-2-3-5-7/h2,4H,3H2,1H3/b4-2+. The molecule has 1 unspecified atom stereocenters. The average molecular weight is 194 g/mol. The third kappa shape index (κ3) is 3.95. The van der Waals surface area contributed by atoms with Crippen LogP contribution in [0.15, 0.2) is 22.5 Å². The minimum absolute atomic E-state index is 0.136. The van der Waals surface area contributed by atoms with Crippen molar-refractivity contribution >= 4 is 7.75 Å². The summed E-state index contributed by atoms with van der Waals surface area (Å²) in [5.41, 5.74) is 0. The van der Waals surface area contributed by atoms with Gasteiger partial charge in [0.05, 0.1) is 11.2 Å². The van der Waals surface area contributed by atoms with Crippen LogP contribution in [0.1, 0.15) is 0 Å². The molecule has 0 aromatic rings. The molecule has 0 saturated heterocycles. The zero-order valence-corrected chi connectivity index (χ0v) is 7.14. The van der Waals surface area contributed by atoms with Crippen molar-refractivity contribution in [2.24, 2.45) is 10.1 Å². The maximum absolute atomic E-state index is 10.8. The molecule has 0 aromatic carbocycles. The van der Waals surface area contributed by atoms with Gasteiger partial charge in [0.1, 0.15) is 6.54 Å². The van der Waals surface area contributed by atoms with Crippen molar-refractivity contribution in [3.05, 3.63) is 22.2 Å². The molecule has 8 heteroatoms. The molecule has 0 bridgehead atoms. The summed E-state index contributed by atoms with van der Waals surface area (Å²) in [5.74, 6) is 0. The number of rotatable bonds is 6. The van der Waals surface area contributed by atoms with Crippen LogP contribution < -0.4 is 0 Å². The second kappa shape index (κ2) is 5.56. The molecular formula is C4H7N2O5P. The summed E-state index contributed by atoms with van der Waals surface area (Å²) >= 11 is 0. The fraction of sp³-hybridized carbons (Fsp3) is 0.500. The first-order valence-corrected chi connectivity index (χ1v) is 4.31. The van der Waals surface area contributed by atoms with Crippen molar-refractivity contribution in [2.75, 3.05) is 13.7 Å². The van der Waals surface area contributed by atoms with E-state index in [1.807, 2.05) is 0 Å². The van der Waals surface area contributed by atoms with E-state index >= 15 is 0 Å². The van der Waals surface area contributed by atoms with Crippen LogP contribution in [0.2, 0.25) is 0 Å². The first-order valence-electron chi connectivity index (χ1n) is 2.81. The van der Waals surface area contributed by atoms with Gasteiger partial charge in [-0.05, 0) is 6.08 Å². The Morgan fingerprint density at radius 2 is 2.17 bits per heavy atom. The monoisotopic (exact) mass is 194 g/mol. The van der Waals surface area contributed by atoms with Crippen LogP contribution in [0.25, 0.3) is 0 Å². The third-order valence-corrected chi connectivity index (χ3v) is 1.85. The zero-order chi connectivity index (χ0) is 9.45. The zero-order valence-electron chi connectivity index (χ0n) is 6.24.